The van der Waals surface area contributed by atoms with Crippen molar-refractivity contribution in [3.05, 3.63) is 0 Å². The van der Waals surface area contributed by atoms with Crippen LogP contribution >= 0.6 is 0 Å². The van der Waals surface area contributed by atoms with Gasteiger partial charge < -0.3 is 20.1 Å². The quantitative estimate of drug-likeness (QED) is 0.308. The van der Waals surface area contributed by atoms with Gasteiger partial charge >= 0.3 is 12.1 Å². The number of alkyl carbamates (subject to hydrolysis) is 1. The second kappa shape index (κ2) is 15.1. The third-order valence-electron chi connectivity index (χ3n) is 4.76. The molecule has 0 aliphatic carbocycles. The molecular weight excluding hydrogens is 384 g/mol. The first-order valence-corrected chi connectivity index (χ1v) is 11.4. The molecule has 0 aliphatic rings. The van der Waals surface area contributed by atoms with Gasteiger partial charge in [-0.25, -0.2) is 4.79 Å². The summed E-state index contributed by atoms with van der Waals surface area (Å²) < 4.78 is 10.1. The second-order valence-corrected chi connectivity index (χ2v) is 9.26. The zero-order valence-electron chi connectivity index (χ0n) is 20.1. The molecule has 30 heavy (non-hydrogen) atoms. The van der Waals surface area contributed by atoms with Crippen LogP contribution in [-0.2, 0) is 19.1 Å². The lowest BCUT2D eigenvalue weighted by molar-refractivity contribution is -0.141. The number of ether oxygens (including phenoxy) is 2. The first kappa shape index (κ1) is 28.2. The van der Waals surface area contributed by atoms with Crippen molar-refractivity contribution in [2.75, 3.05) is 7.11 Å². The zero-order valence-corrected chi connectivity index (χ0v) is 20.1. The lowest BCUT2D eigenvalue weighted by Gasteiger charge is -2.27. The summed E-state index contributed by atoms with van der Waals surface area (Å²) in [4.78, 5) is 36.7. The number of amides is 2. The fraction of sp³-hybridized carbons (Fsp3) is 0.870. The van der Waals surface area contributed by atoms with Crippen molar-refractivity contribution >= 4 is 18.0 Å². The van der Waals surface area contributed by atoms with E-state index in [2.05, 4.69) is 17.6 Å². The number of hydrogen-bond acceptors (Lipinski definition) is 5. The molecule has 0 spiro atoms. The number of methoxy groups -OCH3 is 1. The Bertz CT molecular complexity index is 514. The Labute approximate surface area is 183 Å². The van der Waals surface area contributed by atoms with Crippen molar-refractivity contribution in [1.29, 1.82) is 0 Å². The molecule has 0 aromatic heterocycles. The highest BCUT2D eigenvalue weighted by atomic mass is 16.6. The van der Waals surface area contributed by atoms with Crippen LogP contribution in [0.4, 0.5) is 4.79 Å². The Morgan fingerprint density at radius 1 is 0.900 bits per heavy atom. The zero-order chi connectivity index (χ0) is 23.2. The normalized spacial score (nSPS) is 13.5. The van der Waals surface area contributed by atoms with Gasteiger partial charge in [-0.05, 0) is 33.1 Å². The largest absolute Gasteiger partial charge is 0.469 e. The third-order valence-corrected chi connectivity index (χ3v) is 4.76. The fourth-order valence-electron chi connectivity index (χ4n) is 3.12. The molecule has 176 valence electrons. The third kappa shape index (κ3) is 14.2. The number of hydrogen-bond donors (Lipinski definition) is 2. The molecule has 0 aromatic rings. The first-order valence-electron chi connectivity index (χ1n) is 11.4. The molecule has 0 unspecified atom stereocenters. The SMILES string of the molecule is CCCCCCCCC[C@@H](CC(=O)OC)NC(=O)[C@@H](NC(=O)OC(C)(C)C)C(C)C. The van der Waals surface area contributed by atoms with Crippen LogP contribution in [0.15, 0.2) is 0 Å². The van der Waals surface area contributed by atoms with Crippen molar-refractivity contribution in [1.82, 2.24) is 10.6 Å². The lowest BCUT2D eigenvalue weighted by atomic mass is 10.0. The Kier molecular flexibility index (Phi) is 14.2. The molecule has 0 heterocycles. The van der Waals surface area contributed by atoms with Crippen LogP contribution in [-0.4, -0.2) is 42.8 Å². The highest BCUT2D eigenvalue weighted by Crippen LogP contribution is 2.13. The van der Waals surface area contributed by atoms with Crippen LogP contribution in [0.1, 0.15) is 99.3 Å². The predicted molar refractivity (Wildman–Crippen MR) is 119 cm³/mol. The van der Waals surface area contributed by atoms with E-state index in [4.69, 9.17) is 9.47 Å². The molecule has 0 fully saturated rings. The van der Waals surface area contributed by atoms with E-state index in [0.29, 0.717) is 6.42 Å². The summed E-state index contributed by atoms with van der Waals surface area (Å²) in [6, 6.07) is -1.06. The number of carbonyl (C=O) groups is 3. The van der Waals surface area contributed by atoms with Gasteiger partial charge in [0.15, 0.2) is 0 Å². The van der Waals surface area contributed by atoms with E-state index < -0.39 is 17.7 Å². The Morgan fingerprint density at radius 2 is 1.47 bits per heavy atom. The molecule has 0 aromatic carbocycles. The summed E-state index contributed by atoms with van der Waals surface area (Å²) in [6.07, 6.45) is 8.31. The van der Waals surface area contributed by atoms with Crippen molar-refractivity contribution in [3.63, 3.8) is 0 Å². The molecule has 7 nitrogen and oxygen atoms in total. The monoisotopic (exact) mass is 428 g/mol. The van der Waals surface area contributed by atoms with Gasteiger partial charge in [0.25, 0.3) is 0 Å². The van der Waals surface area contributed by atoms with Crippen LogP contribution in [0.5, 0.6) is 0 Å². The first-order chi connectivity index (χ1) is 14.0. The maximum atomic E-state index is 12.8. The van der Waals surface area contributed by atoms with Crippen LogP contribution in [0.25, 0.3) is 0 Å². The minimum absolute atomic E-state index is 0.120. The molecule has 0 rings (SSSR count). The van der Waals surface area contributed by atoms with E-state index in [9.17, 15) is 14.4 Å². The second-order valence-electron chi connectivity index (χ2n) is 9.26. The number of carbonyl (C=O) groups excluding carboxylic acids is 3. The van der Waals surface area contributed by atoms with E-state index in [-0.39, 0.29) is 30.3 Å². The molecule has 0 aliphatic heterocycles. The van der Waals surface area contributed by atoms with E-state index in [0.717, 1.165) is 19.3 Å². The number of esters is 1. The Morgan fingerprint density at radius 3 is 1.97 bits per heavy atom. The molecule has 2 N–H and O–H groups in total. The van der Waals surface area contributed by atoms with Crippen molar-refractivity contribution in [2.45, 2.75) is 117 Å². The van der Waals surface area contributed by atoms with Gasteiger partial charge in [0.05, 0.1) is 13.5 Å². The van der Waals surface area contributed by atoms with Crippen LogP contribution in [0, 0.1) is 5.92 Å². The maximum absolute atomic E-state index is 12.8. The number of nitrogens with one attached hydrogen (secondary N) is 2. The van der Waals surface area contributed by atoms with Gasteiger partial charge in [-0.2, -0.15) is 0 Å². The molecule has 0 saturated heterocycles. The number of unbranched alkanes of at least 4 members (excludes halogenated alkanes) is 6. The minimum atomic E-state index is -0.742. The van der Waals surface area contributed by atoms with Gasteiger partial charge in [-0.3, -0.25) is 9.59 Å². The summed E-state index contributed by atoms with van der Waals surface area (Å²) in [5, 5.41) is 5.59. The molecular formula is C23H44N2O5. The van der Waals surface area contributed by atoms with E-state index in [1.807, 2.05) is 13.8 Å². The smallest absolute Gasteiger partial charge is 0.408 e. The lowest BCUT2D eigenvalue weighted by Crippen LogP contribution is -2.53. The van der Waals surface area contributed by atoms with Crippen LogP contribution < -0.4 is 10.6 Å². The van der Waals surface area contributed by atoms with Gasteiger partial charge in [-0.15, -0.1) is 0 Å². The minimum Gasteiger partial charge on any atom is -0.469 e. The predicted octanol–water partition coefficient (Wildman–Crippen LogP) is 4.72. The van der Waals surface area contributed by atoms with Crippen molar-refractivity contribution in [2.24, 2.45) is 5.92 Å². The summed E-state index contributed by atoms with van der Waals surface area (Å²) >= 11 is 0. The van der Waals surface area contributed by atoms with Crippen LogP contribution in [0.3, 0.4) is 0 Å². The Balaban J connectivity index is 4.79. The van der Waals surface area contributed by atoms with E-state index in [1.165, 1.54) is 32.8 Å². The summed E-state index contributed by atoms with van der Waals surface area (Å²) in [5.74, 6) is -0.799. The summed E-state index contributed by atoms with van der Waals surface area (Å²) in [7, 11) is 1.34. The van der Waals surface area contributed by atoms with Gasteiger partial charge in [0.2, 0.25) is 5.91 Å². The molecule has 0 bridgehead atoms. The topological polar surface area (TPSA) is 93.7 Å². The van der Waals surface area contributed by atoms with Gasteiger partial charge in [-0.1, -0.05) is 65.7 Å². The van der Waals surface area contributed by atoms with Crippen LogP contribution in [0.2, 0.25) is 0 Å². The van der Waals surface area contributed by atoms with Gasteiger partial charge in [0, 0.05) is 6.04 Å². The van der Waals surface area contributed by atoms with E-state index >= 15 is 0 Å². The molecule has 2 amide bonds. The average molecular weight is 429 g/mol. The standard InChI is InChI=1S/C23H44N2O5/c1-8-9-10-11-12-13-14-15-18(16-19(26)29-7)24-21(27)20(17(2)3)25-22(28)30-23(4,5)6/h17-18,20H,8-16H2,1-7H3,(H,24,27)(H,25,28)/t18-,20-/m0/s1. The maximum Gasteiger partial charge on any atom is 0.408 e. The molecule has 7 heteroatoms. The van der Waals surface area contributed by atoms with Gasteiger partial charge in [0.1, 0.15) is 11.6 Å². The number of rotatable bonds is 14. The molecule has 0 saturated carbocycles. The highest BCUT2D eigenvalue weighted by Gasteiger charge is 2.29. The summed E-state index contributed by atoms with van der Waals surface area (Å²) in [5.41, 5.74) is -0.646. The Hall–Kier alpha value is -1.79. The summed E-state index contributed by atoms with van der Waals surface area (Å²) in [6.45, 7) is 11.2. The molecule has 2 atom stereocenters. The fourth-order valence-corrected chi connectivity index (χ4v) is 3.12. The van der Waals surface area contributed by atoms with Crippen molar-refractivity contribution in [3.8, 4) is 0 Å². The molecule has 0 radical (unpaired) electrons. The highest BCUT2D eigenvalue weighted by molar-refractivity contribution is 5.86. The average Bonchev–Trinajstić information content (AvgIpc) is 2.63. The van der Waals surface area contributed by atoms with Crippen molar-refractivity contribution < 1.29 is 23.9 Å². The van der Waals surface area contributed by atoms with E-state index in [1.54, 1.807) is 20.8 Å².